The quantitative estimate of drug-likeness (QED) is 0.484. The van der Waals surface area contributed by atoms with Crippen LogP contribution in [0.5, 0.6) is 0 Å². The summed E-state index contributed by atoms with van der Waals surface area (Å²) in [7, 11) is 1.36. The van der Waals surface area contributed by atoms with Gasteiger partial charge in [-0.25, -0.2) is 9.78 Å². The van der Waals surface area contributed by atoms with Crippen LogP contribution >= 0.6 is 0 Å². The van der Waals surface area contributed by atoms with Gasteiger partial charge in [0.1, 0.15) is 0 Å². The predicted molar refractivity (Wildman–Crippen MR) is 119 cm³/mol. The highest BCUT2D eigenvalue weighted by Crippen LogP contribution is 2.23. The van der Waals surface area contributed by atoms with Gasteiger partial charge in [0, 0.05) is 18.1 Å². The second-order valence-corrected chi connectivity index (χ2v) is 6.98. The van der Waals surface area contributed by atoms with Crippen molar-refractivity contribution >= 4 is 22.8 Å². The summed E-state index contributed by atoms with van der Waals surface area (Å²) in [5.74, 6) is -0.532. The smallest absolute Gasteiger partial charge is 0.337 e. The number of carbonyl (C=O) groups is 2. The van der Waals surface area contributed by atoms with Gasteiger partial charge in [-0.05, 0) is 48.4 Å². The Morgan fingerprint density at radius 2 is 1.71 bits per heavy atom. The third-order valence-corrected chi connectivity index (χ3v) is 4.96. The number of pyridine rings is 2. The van der Waals surface area contributed by atoms with Crippen LogP contribution in [-0.2, 0) is 11.2 Å². The number of nitrogens with zero attached hydrogens (tertiary/aromatic N) is 2. The molecule has 1 amide bonds. The molecule has 4 rings (SSSR count). The minimum atomic E-state index is -0.367. The van der Waals surface area contributed by atoms with Crippen molar-refractivity contribution in [3.8, 4) is 11.4 Å². The van der Waals surface area contributed by atoms with Gasteiger partial charge >= 0.3 is 5.97 Å². The molecule has 0 aliphatic heterocycles. The molecule has 31 heavy (non-hydrogen) atoms. The molecule has 0 spiro atoms. The van der Waals surface area contributed by atoms with E-state index in [-0.39, 0.29) is 11.9 Å². The van der Waals surface area contributed by atoms with Gasteiger partial charge in [-0.2, -0.15) is 0 Å². The minimum Gasteiger partial charge on any atom is -0.465 e. The lowest BCUT2D eigenvalue weighted by molar-refractivity contribution is 0.0600. The van der Waals surface area contributed by atoms with Crippen LogP contribution in [-0.4, -0.2) is 35.5 Å². The molecule has 6 nitrogen and oxygen atoms in total. The van der Waals surface area contributed by atoms with Crippen LogP contribution in [0.2, 0.25) is 0 Å². The van der Waals surface area contributed by atoms with Gasteiger partial charge in [-0.15, -0.1) is 0 Å². The SMILES string of the molecule is COC(=O)c1ccc(CCNC(=O)c2cc(-c3ccccn3)nc3ccccc23)cc1. The Hall–Kier alpha value is -4.06. The molecule has 2 heterocycles. The molecule has 1 N–H and O–H groups in total. The van der Waals surface area contributed by atoms with E-state index in [1.165, 1.54) is 7.11 Å². The largest absolute Gasteiger partial charge is 0.465 e. The van der Waals surface area contributed by atoms with E-state index in [1.54, 1.807) is 24.4 Å². The van der Waals surface area contributed by atoms with E-state index in [0.717, 1.165) is 16.5 Å². The molecule has 0 unspecified atom stereocenters. The number of carbonyl (C=O) groups excluding carboxylic acids is 2. The summed E-state index contributed by atoms with van der Waals surface area (Å²) in [4.78, 5) is 33.5. The van der Waals surface area contributed by atoms with Crippen molar-refractivity contribution in [2.24, 2.45) is 0 Å². The normalized spacial score (nSPS) is 10.6. The van der Waals surface area contributed by atoms with Crippen molar-refractivity contribution in [2.45, 2.75) is 6.42 Å². The number of hydrogen-bond acceptors (Lipinski definition) is 5. The van der Waals surface area contributed by atoms with Gasteiger partial charge in [0.15, 0.2) is 0 Å². The fourth-order valence-corrected chi connectivity index (χ4v) is 3.35. The highest BCUT2D eigenvalue weighted by molar-refractivity contribution is 6.07. The van der Waals surface area contributed by atoms with Crippen LogP contribution in [0.4, 0.5) is 0 Å². The molecule has 0 aliphatic carbocycles. The number of ether oxygens (including phenoxy) is 1. The standard InChI is InChI=1S/C25H21N3O3/c1-31-25(30)18-11-9-17(10-12-18)13-15-27-24(29)20-16-23(22-8-4-5-14-26-22)28-21-7-3-2-6-19(20)21/h2-12,14,16H,13,15H2,1H3,(H,27,29). The lowest BCUT2D eigenvalue weighted by Crippen LogP contribution is -2.26. The van der Waals surface area contributed by atoms with Crippen LogP contribution in [0.25, 0.3) is 22.3 Å². The van der Waals surface area contributed by atoms with Gasteiger partial charge in [-0.3, -0.25) is 9.78 Å². The molecular formula is C25H21N3O3. The Labute approximate surface area is 179 Å². The van der Waals surface area contributed by atoms with E-state index in [4.69, 9.17) is 4.74 Å². The number of amides is 1. The van der Waals surface area contributed by atoms with E-state index in [0.29, 0.717) is 35.5 Å². The summed E-state index contributed by atoms with van der Waals surface area (Å²) in [5, 5.41) is 3.78. The first-order valence-electron chi connectivity index (χ1n) is 9.92. The molecule has 0 radical (unpaired) electrons. The highest BCUT2D eigenvalue weighted by Gasteiger charge is 2.14. The van der Waals surface area contributed by atoms with Crippen molar-refractivity contribution in [1.82, 2.24) is 15.3 Å². The highest BCUT2D eigenvalue weighted by atomic mass is 16.5. The predicted octanol–water partition coefficient (Wildman–Crippen LogP) is 4.06. The van der Waals surface area contributed by atoms with Crippen LogP contribution in [0, 0.1) is 0 Å². The summed E-state index contributed by atoms with van der Waals surface area (Å²) < 4.78 is 4.71. The van der Waals surface area contributed by atoms with Crippen molar-refractivity contribution in [2.75, 3.05) is 13.7 Å². The molecule has 0 fully saturated rings. The number of aromatic nitrogens is 2. The third-order valence-electron chi connectivity index (χ3n) is 4.96. The zero-order valence-electron chi connectivity index (χ0n) is 17.0. The van der Waals surface area contributed by atoms with E-state index in [9.17, 15) is 9.59 Å². The first-order chi connectivity index (χ1) is 15.2. The molecule has 0 saturated heterocycles. The monoisotopic (exact) mass is 411 g/mol. The van der Waals surface area contributed by atoms with Crippen LogP contribution in [0.1, 0.15) is 26.3 Å². The van der Waals surface area contributed by atoms with Gasteiger partial charge in [0.2, 0.25) is 0 Å². The molecule has 2 aromatic heterocycles. The van der Waals surface area contributed by atoms with Gasteiger partial charge in [0.25, 0.3) is 5.91 Å². The average molecular weight is 411 g/mol. The first-order valence-corrected chi connectivity index (χ1v) is 9.92. The molecule has 154 valence electrons. The van der Waals surface area contributed by atoms with E-state index in [2.05, 4.69) is 15.3 Å². The fourth-order valence-electron chi connectivity index (χ4n) is 3.35. The summed E-state index contributed by atoms with van der Waals surface area (Å²) in [6.45, 7) is 0.464. The van der Waals surface area contributed by atoms with Gasteiger partial charge in [-0.1, -0.05) is 36.4 Å². The number of benzene rings is 2. The summed E-state index contributed by atoms with van der Waals surface area (Å²) >= 11 is 0. The van der Waals surface area contributed by atoms with E-state index >= 15 is 0 Å². The fraction of sp³-hybridized carbons (Fsp3) is 0.120. The summed E-state index contributed by atoms with van der Waals surface area (Å²) in [6.07, 6.45) is 2.35. The second kappa shape index (κ2) is 9.17. The lowest BCUT2D eigenvalue weighted by atomic mass is 10.1. The molecule has 2 aromatic carbocycles. The zero-order valence-corrected chi connectivity index (χ0v) is 17.0. The number of para-hydroxylation sites is 1. The molecule has 6 heteroatoms. The molecular weight excluding hydrogens is 390 g/mol. The summed E-state index contributed by atoms with van der Waals surface area (Å²) in [5.41, 5.74) is 4.19. The van der Waals surface area contributed by atoms with Crippen molar-refractivity contribution in [3.63, 3.8) is 0 Å². The number of nitrogens with one attached hydrogen (secondary N) is 1. The number of rotatable bonds is 6. The molecule has 0 atom stereocenters. The maximum absolute atomic E-state index is 13.0. The number of hydrogen-bond donors (Lipinski definition) is 1. The Morgan fingerprint density at radius 3 is 2.45 bits per heavy atom. The Bertz CT molecular complexity index is 1220. The second-order valence-electron chi connectivity index (χ2n) is 6.98. The number of methoxy groups -OCH3 is 1. The summed E-state index contributed by atoms with van der Waals surface area (Å²) in [6, 6.07) is 22.1. The Morgan fingerprint density at radius 1 is 0.935 bits per heavy atom. The number of esters is 1. The maximum Gasteiger partial charge on any atom is 0.337 e. The van der Waals surface area contributed by atoms with Gasteiger partial charge in [0.05, 0.1) is 35.1 Å². The number of fused-ring (bicyclic) bond motifs is 1. The van der Waals surface area contributed by atoms with Crippen molar-refractivity contribution in [3.05, 3.63) is 95.7 Å². The maximum atomic E-state index is 13.0. The van der Waals surface area contributed by atoms with E-state index in [1.807, 2.05) is 54.6 Å². The minimum absolute atomic E-state index is 0.165. The van der Waals surface area contributed by atoms with Crippen LogP contribution in [0.15, 0.2) is 79.0 Å². The van der Waals surface area contributed by atoms with Crippen molar-refractivity contribution in [1.29, 1.82) is 0 Å². The zero-order chi connectivity index (χ0) is 21.6. The Kier molecular flexibility index (Phi) is 5.98. The first kappa shape index (κ1) is 20.2. The average Bonchev–Trinajstić information content (AvgIpc) is 2.83. The molecule has 0 bridgehead atoms. The van der Waals surface area contributed by atoms with Crippen LogP contribution < -0.4 is 5.32 Å². The molecule has 4 aromatic rings. The Balaban J connectivity index is 1.51. The molecule has 0 aliphatic rings. The lowest BCUT2D eigenvalue weighted by Gasteiger charge is -2.10. The van der Waals surface area contributed by atoms with Gasteiger partial charge < -0.3 is 10.1 Å². The van der Waals surface area contributed by atoms with Crippen molar-refractivity contribution < 1.29 is 14.3 Å². The topological polar surface area (TPSA) is 81.2 Å². The van der Waals surface area contributed by atoms with E-state index < -0.39 is 0 Å². The third kappa shape index (κ3) is 4.59. The molecule has 0 saturated carbocycles. The van der Waals surface area contributed by atoms with Crippen LogP contribution in [0.3, 0.4) is 0 Å².